The molecule has 4 aromatic rings. The molecule has 6 nitrogen and oxygen atoms in total. The number of benzene rings is 2. The summed E-state index contributed by atoms with van der Waals surface area (Å²) in [4.78, 5) is 0. The first-order valence-corrected chi connectivity index (χ1v) is 7.02. The molecule has 0 radical (unpaired) electrons. The summed E-state index contributed by atoms with van der Waals surface area (Å²) in [6.07, 6.45) is 3.08. The fourth-order valence-corrected chi connectivity index (χ4v) is 2.72. The van der Waals surface area contributed by atoms with E-state index in [1.165, 1.54) is 6.20 Å². The van der Waals surface area contributed by atoms with Crippen LogP contribution in [-0.2, 0) is 0 Å². The van der Waals surface area contributed by atoms with Crippen LogP contribution in [-0.4, -0.2) is 27.4 Å². The quantitative estimate of drug-likeness (QED) is 0.482. The van der Waals surface area contributed by atoms with Crippen molar-refractivity contribution in [3.63, 3.8) is 0 Å². The van der Waals surface area contributed by atoms with E-state index in [9.17, 15) is 10.0 Å². The van der Waals surface area contributed by atoms with Crippen LogP contribution in [0.1, 0.15) is 0 Å². The second-order valence-corrected chi connectivity index (χ2v) is 5.31. The number of nitrogens with zero attached hydrogens (tertiary/aromatic N) is 2. The molecule has 0 aliphatic carbocycles. The third-order valence-corrected chi connectivity index (χ3v) is 3.85. The van der Waals surface area contributed by atoms with Crippen molar-refractivity contribution in [2.75, 3.05) is 5.73 Å². The largest absolute Gasteiger partial charge is 0.488 e. The first kappa shape index (κ1) is 13.7. The van der Waals surface area contributed by atoms with Gasteiger partial charge in [0.2, 0.25) is 0 Å². The summed E-state index contributed by atoms with van der Waals surface area (Å²) < 4.78 is 5.55. The molecular weight excluding hydrogens is 293 g/mol. The number of aromatic nitrogens is 2. The lowest BCUT2D eigenvalue weighted by atomic mass is 9.78. The van der Waals surface area contributed by atoms with E-state index in [4.69, 9.17) is 10.2 Å². The highest BCUT2D eigenvalue weighted by Gasteiger charge is 2.17. The van der Waals surface area contributed by atoms with E-state index in [-0.39, 0.29) is 0 Å². The van der Waals surface area contributed by atoms with E-state index in [0.29, 0.717) is 22.2 Å². The summed E-state index contributed by atoms with van der Waals surface area (Å²) >= 11 is 0. The van der Waals surface area contributed by atoms with E-state index in [0.717, 1.165) is 21.9 Å². The minimum atomic E-state index is -1.55. The van der Waals surface area contributed by atoms with Gasteiger partial charge in [0.05, 0.1) is 23.7 Å². The van der Waals surface area contributed by atoms with Crippen molar-refractivity contribution in [3.05, 3.63) is 48.9 Å². The van der Waals surface area contributed by atoms with E-state index in [2.05, 4.69) is 10.2 Å². The number of hydrogen-bond acceptors (Lipinski definition) is 6. The van der Waals surface area contributed by atoms with Gasteiger partial charge in [-0.25, -0.2) is 0 Å². The molecule has 7 heteroatoms. The van der Waals surface area contributed by atoms with E-state index >= 15 is 0 Å². The van der Waals surface area contributed by atoms with Crippen molar-refractivity contribution in [2.45, 2.75) is 0 Å². The minimum absolute atomic E-state index is 0.396. The number of rotatable bonds is 2. The van der Waals surface area contributed by atoms with Crippen LogP contribution in [0.2, 0.25) is 0 Å². The van der Waals surface area contributed by atoms with Crippen LogP contribution in [0, 0.1) is 0 Å². The van der Waals surface area contributed by atoms with Gasteiger partial charge >= 0.3 is 7.12 Å². The monoisotopic (exact) mass is 305 g/mol. The summed E-state index contributed by atoms with van der Waals surface area (Å²) in [5.41, 5.74) is 9.77. The lowest BCUT2D eigenvalue weighted by Crippen LogP contribution is -2.29. The van der Waals surface area contributed by atoms with Crippen LogP contribution >= 0.6 is 0 Å². The minimum Gasteiger partial charge on any atom is -0.464 e. The molecule has 23 heavy (non-hydrogen) atoms. The predicted octanol–water partition coefficient (Wildman–Crippen LogP) is 1.30. The number of furan rings is 1. The molecule has 4 rings (SSSR count). The molecule has 112 valence electrons. The van der Waals surface area contributed by atoms with Gasteiger partial charge in [0.1, 0.15) is 5.58 Å². The van der Waals surface area contributed by atoms with Gasteiger partial charge in [-0.3, -0.25) is 0 Å². The summed E-state index contributed by atoms with van der Waals surface area (Å²) in [6.45, 7) is 0. The van der Waals surface area contributed by atoms with Gasteiger partial charge in [-0.1, -0.05) is 18.2 Å². The average molecular weight is 305 g/mol. The zero-order valence-electron chi connectivity index (χ0n) is 12.0. The van der Waals surface area contributed by atoms with Crippen molar-refractivity contribution in [1.82, 2.24) is 10.2 Å². The third kappa shape index (κ3) is 2.23. The van der Waals surface area contributed by atoms with Gasteiger partial charge in [-0.05, 0) is 29.2 Å². The van der Waals surface area contributed by atoms with Gasteiger partial charge in [0.15, 0.2) is 0 Å². The Kier molecular flexibility index (Phi) is 3.04. The van der Waals surface area contributed by atoms with Crippen LogP contribution in [0.25, 0.3) is 33.0 Å². The highest BCUT2D eigenvalue weighted by molar-refractivity contribution is 6.59. The number of fused-ring (bicyclic) bond motifs is 2. The summed E-state index contributed by atoms with van der Waals surface area (Å²) in [5.74, 6) is 0. The Bertz CT molecular complexity index is 1030. The molecule has 0 amide bonds. The molecular formula is C16H12BN3O3. The Labute approximate surface area is 131 Å². The second kappa shape index (κ2) is 5.08. The van der Waals surface area contributed by atoms with Gasteiger partial charge in [0, 0.05) is 16.3 Å². The highest BCUT2D eigenvalue weighted by atomic mass is 16.4. The molecule has 0 saturated heterocycles. The Morgan fingerprint density at radius 1 is 1.09 bits per heavy atom. The van der Waals surface area contributed by atoms with Gasteiger partial charge in [-0.15, -0.1) is 0 Å². The normalized spacial score (nSPS) is 11.2. The number of anilines is 1. The maximum Gasteiger partial charge on any atom is 0.488 e. The first-order chi connectivity index (χ1) is 11.1. The molecule has 0 aliphatic heterocycles. The molecule has 0 atom stereocenters. The Morgan fingerprint density at radius 3 is 2.78 bits per heavy atom. The Balaban J connectivity index is 1.99. The highest BCUT2D eigenvalue weighted by Crippen LogP contribution is 2.31. The molecule has 2 aromatic heterocycles. The first-order valence-electron chi connectivity index (χ1n) is 7.02. The zero-order valence-corrected chi connectivity index (χ0v) is 12.0. The molecule has 4 N–H and O–H groups in total. The van der Waals surface area contributed by atoms with E-state index < -0.39 is 7.12 Å². The molecule has 0 unspecified atom stereocenters. The Hall–Kier alpha value is -2.90. The smallest absolute Gasteiger partial charge is 0.464 e. The van der Waals surface area contributed by atoms with E-state index in [1.807, 2.05) is 18.2 Å². The van der Waals surface area contributed by atoms with Gasteiger partial charge in [0.25, 0.3) is 0 Å². The maximum atomic E-state index is 9.49. The second-order valence-electron chi connectivity index (χ2n) is 5.31. The van der Waals surface area contributed by atoms with Crippen LogP contribution in [0.4, 0.5) is 5.69 Å². The van der Waals surface area contributed by atoms with Crippen molar-refractivity contribution in [3.8, 4) is 11.1 Å². The fraction of sp³-hybridized carbons (Fsp3) is 0. The molecule has 0 bridgehead atoms. The molecule has 2 aromatic carbocycles. The number of nitrogen functional groups attached to an aromatic ring is 1. The van der Waals surface area contributed by atoms with Crippen LogP contribution in [0.3, 0.4) is 0 Å². The molecule has 0 saturated carbocycles. The van der Waals surface area contributed by atoms with Crippen molar-refractivity contribution < 1.29 is 14.5 Å². The van der Waals surface area contributed by atoms with Gasteiger partial charge < -0.3 is 20.2 Å². The molecule has 0 fully saturated rings. The van der Waals surface area contributed by atoms with Crippen molar-refractivity contribution >= 4 is 40.1 Å². The zero-order chi connectivity index (χ0) is 16.0. The topological polar surface area (TPSA) is 105 Å². The van der Waals surface area contributed by atoms with E-state index in [1.54, 1.807) is 24.5 Å². The van der Waals surface area contributed by atoms with Crippen LogP contribution in [0.15, 0.2) is 53.3 Å². The summed E-state index contributed by atoms with van der Waals surface area (Å²) in [5, 5.41) is 28.5. The number of hydrogen-bond donors (Lipinski definition) is 3. The predicted molar refractivity (Wildman–Crippen MR) is 89.0 cm³/mol. The molecule has 0 aliphatic rings. The third-order valence-electron chi connectivity index (χ3n) is 3.85. The maximum absolute atomic E-state index is 9.49. The van der Waals surface area contributed by atoms with Crippen molar-refractivity contribution in [2.24, 2.45) is 0 Å². The van der Waals surface area contributed by atoms with Crippen molar-refractivity contribution in [1.29, 1.82) is 0 Å². The Morgan fingerprint density at radius 2 is 1.96 bits per heavy atom. The summed E-state index contributed by atoms with van der Waals surface area (Å²) in [6, 6.07) is 10.8. The van der Waals surface area contributed by atoms with Gasteiger partial charge in [-0.2, -0.15) is 10.2 Å². The lowest BCUT2D eigenvalue weighted by Gasteiger charge is -2.08. The summed E-state index contributed by atoms with van der Waals surface area (Å²) in [7, 11) is -1.55. The SMILES string of the molecule is Nc1cnnc2cc(-c3cc(B(O)O)cc4ccoc34)ccc12. The lowest BCUT2D eigenvalue weighted by molar-refractivity contribution is 0.426. The molecule has 0 spiro atoms. The average Bonchev–Trinajstić information content (AvgIpc) is 3.02. The van der Waals surface area contributed by atoms with Crippen LogP contribution in [0.5, 0.6) is 0 Å². The molecule has 2 heterocycles. The fourth-order valence-electron chi connectivity index (χ4n) is 2.72. The standard InChI is InChI=1S/C16H12BN3O3/c18-14-8-19-20-15-6-9(1-2-12(14)15)13-7-11(17(21)22)5-10-3-4-23-16(10)13/h1-8,21-22H,(H2,18,20). The number of nitrogens with two attached hydrogens (primary N) is 1. The van der Waals surface area contributed by atoms with Crippen LogP contribution < -0.4 is 11.2 Å².